The Hall–Kier alpha value is -0.701. The van der Waals surface area contributed by atoms with Gasteiger partial charge in [0.1, 0.15) is 0 Å². The SMILES string of the molecule is CCCCCCCC/C=[C](/c1cc2ccccc2[nH]1)[Sn]([CH2]CCC)([CH2]CCC)[CH2]CCC. The number of benzene rings is 1. The van der Waals surface area contributed by atoms with E-state index in [2.05, 4.69) is 69.1 Å². The predicted molar refractivity (Wildman–Crippen MR) is 149 cm³/mol. The van der Waals surface area contributed by atoms with Crippen molar-refractivity contribution in [2.75, 3.05) is 0 Å². The first kappa shape index (κ1) is 27.5. The van der Waals surface area contributed by atoms with Gasteiger partial charge >= 0.3 is 204 Å². The van der Waals surface area contributed by atoms with Gasteiger partial charge in [-0.05, 0) is 0 Å². The number of para-hydroxylation sites is 1. The third-order valence-corrected chi connectivity index (χ3v) is 23.2. The van der Waals surface area contributed by atoms with Crippen molar-refractivity contribution in [3.05, 3.63) is 42.1 Å². The molecule has 0 spiro atoms. The fraction of sp³-hybridized carbons (Fsp3) is 0.667. The number of H-pyrrole nitrogens is 1. The van der Waals surface area contributed by atoms with E-state index >= 15 is 0 Å². The summed E-state index contributed by atoms with van der Waals surface area (Å²) in [6, 6.07) is 11.4. The fourth-order valence-electron chi connectivity index (χ4n) is 5.33. The Morgan fingerprint density at radius 2 is 1.28 bits per heavy atom. The standard InChI is InChI=1S/C18H24N.3C4H9.Sn/c1-2-3-4-5-6-7-8-9-13-17-15-16-12-10-11-14-18(16)19-17;3*1-3-4-2;/h9-12,14-15,19H,2-8H2,1H3;3*1,3-4H2,2H3;. The molecule has 180 valence electrons. The molecular weight excluding hydrogens is 493 g/mol. The number of fused-ring (bicyclic) bond motifs is 1. The van der Waals surface area contributed by atoms with Gasteiger partial charge in [0, 0.05) is 0 Å². The molecular formula is C30H51NSn. The zero-order valence-corrected chi connectivity index (χ0v) is 24.6. The first-order valence-electron chi connectivity index (χ1n) is 14.0. The first-order chi connectivity index (χ1) is 15.7. The van der Waals surface area contributed by atoms with Crippen molar-refractivity contribution in [1.29, 1.82) is 0 Å². The zero-order chi connectivity index (χ0) is 23.1. The van der Waals surface area contributed by atoms with E-state index in [1.165, 1.54) is 100 Å². The predicted octanol–water partition coefficient (Wildman–Crippen LogP) is 10.7. The topological polar surface area (TPSA) is 15.8 Å². The Balaban J connectivity index is 2.37. The molecule has 32 heavy (non-hydrogen) atoms. The molecule has 1 N–H and O–H groups in total. The third kappa shape index (κ3) is 8.58. The molecule has 0 bridgehead atoms. The van der Waals surface area contributed by atoms with Crippen LogP contribution >= 0.6 is 0 Å². The van der Waals surface area contributed by atoms with E-state index in [1.807, 2.05) is 3.59 Å². The number of hydrogen-bond acceptors (Lipinski definition) is 0. The molecule has 1 nitrogen and oxygen atoms in total. The summed E-state index contributed by atoms with van der Waals surface area (Å²) in [5.74, 6) is 0. The maximum atomic E-state index is 3.88. The second kappa shape index (κ2) is 16.0. The van der Waals surface area contributed by atoms with Gasteiger partial charge in [-0.1, -0.05) is 0 Å². The molecule has 2 aromatic rings. The van der Waals surface area contributed by atoms with Crippen LogP contribution < -0.4 is 0 Å². The van der Waals surface area contributed by atoms with Crippen LogP contribution in [-0.4, -0.2) is 23.4 Å². The van der Waals surface area contributed by atoms with Crippen molar-refractivity contribution in [3.63, 3.8) is 0 Å². The molecule has 1 heterocycles. The number of aromatic nitrogens is 1. The molecule has 1 aromatic heterocycles. The quantitative estimate of drug-likeness (QED) is 0.142. The number of rotatable bonds is 18. The Morgan fingerprint density at radius 1 is 0.719 bits per heavy atom. The number of aromatic amines is 1. The maximum absolute atomic E-state index is 3.88. The number of unbranched alkanes of at least 4 members (excludes halogenated alkanes) is 9. The van der Waals surface area contributed by atoms with Gasteiger partial charge in [0.25, 0.3) is 0 Å². The zero-order valence-electron chi connectivity index (χ0n) is 21.8. The van der Waals surface area contributed by atoms with E-state index in [4.69, 9.17) is 0 Å². The molecule has 0 fully saturated rings. The summed E-state index contributed by atoms with van der Waals surface area (Å²) >= 11 is -2.50. The van der Waals surface area contributed by atoms with Crippen LogP contribution in [0.3, 0.4) is 0 Å². The molecule has 0 saturated heterocycles. The second-order valence-corrected chi connectivity index (χ2v) is 23.2. The van der Waals surface area contributed by atoms with Gasteiger partial charge in [0.15, 0.2) is 0 Å². The number of hydrogen-bond donors (Lipinski definition) is 1. The minimum absolute atomic E-state index is 1.28. The average Bonchev–Trinajstić information content (AvgIpc) is 3.25. The molecule has 0 amide bonds. The van der Waals surface area contributed by atoms with Crippen molar-refractivity contribution in [2.45, 2.75) is 124 Å². The Kier molecular flexibility index (Phi) is 13.8. The summed E-state index contributed by atoms with van der Waals surface area (Å²) in [6.45, 7) is 9.47. The van der Waals surface area contributed by atoms with Gasteiger partial charge in [0.2, 0.25) is 0 Å². The summed E-state index contributed by atoms with van der Waals surface area (Å²) in [4.78, 5) is 3.88. The molecule has 0 aliphatic heterocycles. The molecule has 0 aliphatic carbocycles. The summed E-state index contributed by atoms with van der Waals surface area (Å²) in [5.41, 5.74) is 2.80. The van der Waals surface area contributed by atoms with Gasteiger partial charge in [0.05, 0.1) is 0 Å². The van der Waals surface area contributed by atoms with Crippen LogP contribution in [0.2, 0.25) is 13.3 Å². The Morgan fingerprint density at radius 3 is 1.88 bits per heavy atom. The molecule has 0 radical (unpaired) electrons. The molecule has 2 rings (SSSR count). The average molecular weight is 544 g/mol. The van der Waals surface area contributed by atoms with Gasteiger partial charge in [-0.3, -0.25) is 0 Å². The van der Waals surface area contributed by atoms with E-state index in [9.17, 15) is 0 Å². The van der Waals surface area contributed by atoms with Crippen LogP contribution in [0.5, 0.6) is 0 Å². The molecule has 0 atom stereocenters. The van der Waals surface area contributed by atoms with Gasteiger partial charge < -0.3 is 0 Å². The minimum atomic E-state index is -2.50. The van der Waals surface area contributed by atoms with E-state index in [1.54, 1.807) is 13.3 Å². The Bertz CT molecular complexity index is 717. The number of allylic oxidation sites excluding steroid dienone is 1. The van der Waals surface area contributed by atoms with Gasteiger partial charge in [-0.2, -0.15) is 0 Å². The van der Waals surface area contributed by atoms with E-state index in [0.717, 1.165) is 0 Å². The van der Waals surface area contributed by atoms with Crippen LogP contribution in [0.25, 0.3) is 14.5 Å². The van der Waals surface area contributed by atoms with Crippen molar-refractivity contribution >= 4 is 32.9 Å². The van der Waals surface area contributed by atoms with E-state index in [0.29, 0.717) is 0 Å². The van der Waals surface area contributed by atoms with Crippen molar-refractivity contribution < 1.29 is 0 Å². The van der Waals surface area contributed by atoms with Crippen molar-refractivity contribution in [1.82, 2.24) is 4.98 Å². The van der Waals surface area contributed by atoms with Crippen LogP contribution in [0.1, 0.15) is 117 Å². The summed E-state index contributed by atoms with van der Waals surface area (Å²) in [5, 5.41) is 1.38. The van der Waals surface area contributed by atoms with E-state index in [-0.39, 0.29) is 0 Å². The van der Waals surface area contributed by atoms with Crippen LogP contribution in [0.15, 0.2) is 36.4 Å². The van der Waals surface area contributed by atoms with Crippen LogP contribution in [0, 0.1) is 0 Å². The normalized spacial score (nSPS) is 12.7. The van der Waals surface area contributed by atoms with Crippen LogP contribution in [-0.2, 0) is 0 Å². The number of nitrogens with one attached hydrogen (secondary N) is 1. The van der Waals surface area contributed by atoms with Crippen LogP contribution in [0.4, 0.5) is 0 Å². The summed E-state index contributed by atoms with van der Waals surface area (Å²) in [6.07, 6.45) is 20.7. The second-order valence-electron chi connectivity index (χ2n) is 10.0. The van der Waals surface area contributed by atoms with Gasteiger partial charge in [-0.15, -0.1) is 0 Å². The molecule has 1 aromatic carbocycles. The monoisotopic (exact) mass is 545 g/mol. The van der Waals surface area contributed by atoms with Crippen molar-refractivity contribution in [2.24, 2.45) is 0 Å². The first-order valence-corrected chi connectivity index (χ1v) is 21.5. The molecule has 2 heteroatoms. The van der Waals surface area contributed by atoms with Gasteiger partial charge in [-0.25, -0.2) is 0 Å². The summed E-state index contributed by atoms with van der Waals surface area (Å²) < 4.78 is 6.48. The van der Waals surface area contributed by atoms with E-state index < -0.39 is 18.4 Å². The van der Waals surface area contributed by atoms with Crippen molar-refractivity contribution in [3.8, 4) is 0 Å². The third-order valence-electron chi connectivity index (χ3n) is 7.32. The Labute approximate surface area is 203 Å². The molecule has 0 saturated carbocycles. The molecule has 0 unspecified atom stereocenters. The molecule has 0 aliphatic rings. The fourth-order valence-corrected chi connectivity index (χ4v) is 22.3. The summed E-state index contributed by atoms with van der Waals surface area (Å²) in [7, 11) is 0.